The van der Waals surface area contributed by atoms with Crippen LogP contribution in [0.2, 0.25) is 0 Å². The van der Waals surface area contributed by atoms with Gasteiger partial charge in [-0.15, -0.1) is 11.3 Å². The van der Waals surface area contributed by atoms with Crippen LogP contribution in [0.15, 0.2) is 28.0 Å². The average molecular weight is 235 g/mol. The van der Waals surface area contributed by atoms with Gasteiger partial charge in [-0.1, -0.05) is 6.92 Å². The number of aryl methyl sites for hydroxylation is 1. The lowest BCUT2D eigenvalue weighted by Gasteiger charge is -1.98. The van der Waals surface area contributed by atoms with Gasteiger partial charge in [-0.05, 0) is 38.1 Å². The summed E-state index contributed by atoms with van der Waals surface area (Å²) < 4.78 is 5.77. The summed E-state index contributed by atoms with van der Waals surface area (Å²) in [6.07, 6.45) is 1.15. The molecule has 0 bridgehead atoms. The highest BCUT2D eigenvalue weighted by molar-refractivity contribution is 7.10. The van der Waals surface area contributed by atoms with Gasteiger partial charge in [0.05, 0.1) is 6.54 Å². The van der Waals surface area contributed by atoms with E-state index in [4.69, 9.17) is 4.42 Å². The van der Waals surface area contributed by atoms with Gasteiger partial charge in [0.15, 0.2) is 0 Å². The highest BCUT2D eigenvalue weighted by Crippen LogP contribution is 2.26. The Balaban J connectivity index is 2.02. The molecule has 3 heteroatoms. The summed E-state index contributed by atoms with van der Waals surface area (Å²) in [4.78, 5) is 1.32. The summed E-state index contributed by atoms with van der Waals surface area (Å²) in [5.41, 5.74) is 1.18. The third-order valence-corrected chi connectivity index (χ3v) is 3.26. The van der Waals surface area contributed by atoms with Gasteiger partial charge in [0.1, 0.15) is 11.5 Å². The molecular weight excluding hydrogens is 218 g/mol. The maximum atomic E-state index is 5.77. The Morgan fingerprint density at radius 1 is 1.38 bits per heavy atom. The molecule has 0 fully saturated rings. The van der Waals surface area contributed by atoms with Gasteiger partial charge in [0.25, 0.3) is 0 Å². The van der Waals surface area contributed by atoms with Crippen molar-refractivity contribution in [1.29, 1.82) is 0 Å². The van der Waals surface area contributed by atoms with Crippen LogP contribution in [0.25, 0.3) is 11.3 Å². The summed E-state index contributed by atoms with van der Waals surface area (Å²) in [7, 11) is 0. The molecule has 2 heterocycles. The Bertz CT molecular complexity index is 444. The van der Waals surface area contributed by atoms with Crippen molar-refractivity contribution in [3.05, 3.63) is 34.2 Å². The van der Waals surface area contributed by atoms with E-state index in [1.54, 1.807) is 11.3 Å². The fraction of sp³-hybridized carbons (Fsp3) is 0.385. The van der Waals surface area contributed by atoms with E-state index >= 15 is 0 Å². The second kappa shape index (κ2) is 5.32. The van der Waals surface area contributed by atoms with Gasteiger partial charge in [-0.2, -0.15) is 0 Å². The first-order valence-electron chi connectivity index (χ1n) is 5.64. The molecule has 2 aromatic rings. The van der Waals surface area contributed by atoms with Gasteiger partial charge >= 0.3 is 0 Å². The van der Waals surface area contributed by atoms with Crippen molar-refractivity contribution in [3.8, 4) is 11.3 Å². The second-order valence-corrected chi connectivity index (χ2v) is 5.00. The summed E-state index contributed by atoms with van der Waals surface area (Å²) in [5, 5.41) is 5.47. The molecule has 2 nitrogen and oxygen atoms in total. The van der Waals surface area contributed by atoms with Crippen molar-refractivity contribution < 1.29 is 4.42 Å². The molecule has 0 aliphatic rings. The number of hydrogen-bond acceptors (Lipinski definition) is 3. The smallest absolute Gasteiger partial charge is 0.135 e. The van der Waals surface area contributed by atoms with Crippen LogP contribution in [0.1, 0.15) is 24.0 Å². The molecule has 16 heavy (non-hydrogen) atoms. The largest absolute Gasteiger partial charge is 0.460 e. The Morgan fingerprint density at radius 3 is 2.94 bits per heavy atom. The Hall–Kier alpha value is -1.06. The number of nitrogens with one attached hydrogen (secondary N) is 1. The van der Waals surface area contributed by atoms with E-state index in [0.29, 0.717) is 0 Å². The van der Waals surface area contributed by atoms with Crippen LogP contribution in [0.4, 0.5) is 0 Å². The fourth-order valence-electron chi connectivity index (χ4n) is 1.59. The van der Waals surface area contributed by atoms with Gasteiger partial charge in [0.2, 0.25) is 0 Å². The lowest BCUT2D eigenvalue weighted by atomic mass is 10.2. The number of thiophene rings is 1. The fourth-order valence-corrected chi connectivity index (χ4v) is 2.28. The number of hydrogen-bond donors (Lipinski definition) is 1. The van der Waals surface area contributed by atoms with Crippen LogP contribution < -0.4 is 5.32 Å². The second-order valence-electron chi connectivity index (χ2n) is 3.89. The first-order chi connectivity index (χ1) is 7.79. The number of furan rings is 1. The van der Waals surface area contributed by atoms with Gasteiger partial charge in [-0.3, -0.25) is 0 Å². The molecule has 0 spiro atoms. The van der Waals surface area contributed by atoms with E-state index in [-0.39, 0.29) is 0 Å². The molecule has 1 N–H and O–H groups in total. The lowest BCUT2D eigenvalue weighted by molar-refractivity contribution is 0.493. The van der Waals surface area contributed by atoms with Gasteiger partial charge < -0.3 is 9.73 Å². The van der Waals surface area contributed by atoms with Crippen LogP contribution in [0, 0.1) is 6.92 Å². The van der Waals surface area contributed by atoms with E-state index < -0.39 is 0 Å². The van der Waals surface area contributed by atoms with Crippen molar-refractivity contribution in [2.75, 3.05) is 6.54 Å². The predicted molar refractivity (Wildman–Crippen MR) is 68.8 cm³/mol. The zero-order valence-electron chi connectivity index (χ0n) is 9.75. The van der Waals surface area contributed by atoms with Crippen LogP contribution in [0.5, 0.6) is 0 Å². The van der Waals surface area contributed by atoms with E-state index in [9.17, 15) is 0 Å². The van der Waals surface area contributed by atoms with Crippen molar-refractivity contribution >= 4 is 11.3 Å². The molecule has 86 valence electrons. The molecule has 0 atom stereocenters. The molecule has 2 aromatic heterocycles. The first-order valence-corrected chi connectivity index (χ1v) is 6.52. The van der Waals surface area contributed by atoms with E-state index in [2.05, 4.69) is 30.6 Å². The minimum atomic E-state index is 0.816. The summed E-state index contributed by atoms with van der Waals surface area (Å²) >= 11 is 1.75. The van der Waals surface area contributed by atoms with Crippen molar-refractivity contribution in [1.82, 2.24) is 5.32 Å². The zero-order chi connectivity index (χ0) is 11.4. The van der Waals surface area contributed by atoms with Crippen LogP contribution in [-0.2, 0) is 6.54 Å². The molecule has 0 saturated heterocycles. The van der Waals surface area contributed by atoms with Crippen molar-refractivity contribution in [2.45, 2.75) is 26.8 Å². The Morgan fingerprint density at radius 2 is 2.25 bits per heavy atom. The summed E-state index contributed by atoms with van der Waals surface area (Å²) in [5.74, 6) is 1.98. The Kier molecular flexibility index (Phi) is 3.80. The lowest BCUT2D eigenvalue weighted by Crippen LogP contribution is -2.12. The SMILES string of the molecule is CCCNCc1ccc(-c2csc(C)c2)o1. The van der Waals surface area contributed by atoms with Gasteiger partial charge in [-0.25, -0.2) is 0 Å². The third-order valence-electron chi connectivity index (χ3n) is 2.40. The minimum Gasteiger partial charge on any atom is -0.460 e. The normalized spacial score (nSPS) is 10.9. The van der Waals surface area contributed by atoms with Crippen LogP contribution in [0.3, 0.4) is 0 Å². The van der Waals surface area contributed by atoms with E-state index in [1.165, 1.54) is 10.4 Å². The zero-order valence-corrected chi connectivity index (χ0v) is 10.6. The molecule has 0 unspecified atom stereocenters. The quantitative estimate of drug-likeness (QED) is 0.797. The predicted octanol–water partition coefficient (Wildman–Crippen LogP) is 3.82. The average Bonchev–Trinajstić information content (AvgIpc) is 2.87. The topological polar surface area (TPSA) is 25.2 Å². The maximum absolute atomic E-state index is 5.77. The van der Waals surface area contributed by atoms with Crippen LogP contribution >= 0.6 is 11.3 Å². The molecule has 0 aliphatic carbocycles. The standard InChI is InChI=1S/C13H17NOS/c1-3-6-14-8-12-4-5-13(15-12)11-7-10(2)16-9-11/h4-5,7,9,14H,3,6,8H2,1-2H3. The van der Waals surface area contributed by atoms with Crippen LogP contribution in [-0.4, -0.2) is 6.54 Å². The molecule has 0 radical (unpaired) electrons. The third kappa shape index (κ3) is 2.74. The van der Waals surface area contributed by atoms with Crippen molar-refractivity contribution in [2.24, 2.45) is 0 Å². The van der Waals surface area contributed by atoms with E-state index in [1.807, 2.05) is 12.1 Å². The molecule has 2 rings (SSSR count). The van der Waals surface area contributed by atoms with Crippen molar-refractivity contribution in [3.63, 3.8) is 0 Å². The molecule has 0 aromatic carbocycles. The highest BCUT2D eigenvalue weighted by Gasteiger charge is 2.05. The maximum Gasteiger partial charge on any atom is 0.135 e. The highest BCUT2D eigenvalue weighted by atomic mass is 32.1. The van der Waals surface area contributed by atoms with E-state index in [0.717, 1.165) is 31.0 Å². The Labute approximate surface area is 100 Å². The minimum absolute atomic E-state index is 0.816. The molecule has 0 amide bonds. The molecule has 0 saturated carbocycles. The summed E-state index contributed by atoms with van der Waals surface area (Å²) in [6.45, 7) is 6.13. The molecule has 0 aliphatic heterocycles. The molecular formula is C13H17NOS. The first kappa shape index (κ1) is 11.4. The summed E-state index contributed by atoms with van der Waals surface area (Å²) in [6, 6.07) is 6.25. The number of rotatable bonds is 5. The monoisotopic (exact) mass is 235 g/mol. The van der Waals surface area contributed by atoms with Gasteiger partial charge in [0, 0.05) is 15.8 Å².